The summed E-state index contributed by atoms with van der Waals surface area (Å²) in [5.74, 6) is -1.81. The van der Waals surface area contributed by atoms with Crippen molar-refractivity contribution in [2.45, 2.75) is 55.4 Å². The summed E-state index contributed by atoms with van der Waals surface area (Å²) in [6.07, 6.45) is 3.70. The highest BCUT2D eigenvalue weighted by Gasteiger charge is 2.34. The third-order valence-corrected chi connectivity index (χ3v) is 9.10. The standard InChI is InChI=1S/C30H26F2N4O4S/c1-3-25(21-12-19(16-33)13-22(31)15-21)36-26(14-18-4-5-18)35-29(37)27(30(36)38)41(39,40)23-8-6-20(7-9-23)24-10-11-34-28(32)17(24)2/h6-13,15,18,25,37H,3-5,14H2,1-2H3/t25-/m0/s1. The normalized spacial score (nSPS) is 14.0. The van der Waals surface area contributed by atoms with Gasteiger partial charge in [0.05, 0.1) is 22.6 Å². The lowest BCUT2D eigenvalue weighted by Crippen LogP contribution is -2.33. The Labute approximate surface area is 235 Å². The predicted octanol–water partition coefficient (Wildman–Crippen LogP) is 5.25. The van der Waals surface area contributed by atoms with Gasteiger partial charge in [-0.3, -0.25) is 9.36 Å². The number of halogens is 2. The number of pyridine rings is 1. The molecule has 4 aromatic rings. The maximum Gasteiger partial charge on any atom is 0.277 e. The molecule has 2 heterocycles. The van der Waals surface area contributed by atoms with E-state index in [-0.39, 0.29) is 28.6 Å². The molecule has 1 aliphatic carbocycles. The molecule has 41 heavy (non-hydrogen) atoms. The fourth-order valence-corrected chi connectivity index (χ4v) is 6.37. The molecule has 2 aromatic heterocycles. The van der Waals surface area contributed by atoms with Crippen molar-refractivity contribution < 1.29 is 22.3 Å². The third-order valence-electron chi connectivity index (χ3n) is 7.32. The number of benzene rings is 2. The van der Waals surface area contributed by atoms with Crippen LogP contribution in [0.2, 0.25) is 0 Å². The van der Waals surface area contributed by atoms with Gasteiger partial charge in [-0.1, -0.05) is 19.1 Å². The van der Waals surface area contributed by atoms with Crippen LogP contribution >= 0.6 is 0 Å². The maximum atomic E-state index is 14.4. The molecule has 0 radical (unpaired) electrons. The first kappa shape index (κ1) is 28.1. The van der Waals surface area contributed by atoms with Crippen LogP contribution in [-0.2, 0) is 16.3 Å². The van der Waals surface area contributed by atoms with E-state index in [1.165, 1.54) is 47.2 Å². The number of hydrogen-bond donors (Lipinski definition) is 1. The van der Waals surface area contributed by atoms with Crippen molar-refractivity contribution in [3.63, 3.8) is 0 Å². The first-order valence-electron chi connectivity index (χ1n) is 13.1. The molecule has 1 N–H and O–H groups in total. The molecular formula is C30H26F2N4O4S. The average molecular weight is 577 g/mol. The van der Waals surface area contributed by atoms with Gasteiger partial charge >= 0.3 is 0 Å². The van der Waals surface area contributed by atoms with E-state index in [0.29, 0.717) is 28.7 Å². The summed E-state index contributed by atoms with van der Waals surface area (Å²) in [6.45, 7) is 3.30. The third kappa shape index (κ3) is 5.35. The predicted molar refractivity (Wildman–Crippen MR) is 146 cm³/mol. The van der Waals surface area contributed by atoms with Crippen molar-refractivity contribution in [3.8, 4) is 23.1 Å². The molecule has 0 aliphatic heterocycles. The molecule has 0 amide bonds. The van der Waals surface area contributed by atoms with Crippen molar-refractivity contribution in [2.75, 3.05) is 0 Å². The SMILES string of the molecule is CC[C@@H](c1cc(F)cc(C#N)c1)n1c(CC2CC2)nc(O)c(S(=O)(=O)c2ccc(-c3ccnc(F)c3C)cc2)c1=O. The van der Waals surface area contributed by atoms with Crippen LogP contribution in [0.3, 0.4) is 0 Å². The van der Waals surface area contributed by atoms with Gasteiger partial charge in [-0.25, -0.2) is 17.8 Å². The summed E-state index contributed by atoms with van der Waals surface area (Å²) in [5.41, 5.74) is 0.728. The molecule has 210 valence electrons. The van der Waals surface area contributed by atoms with E-state index in [1.54, 1.807) is 19.9 Å². The first-order chi connectivity index (χ1) is 19.5. The molecule has 1 atom stereocenters. The van der Waals surface area contributed by atoms with Gasteiger partial charge in [0.1, 0.15) is 11.6 Å². The number of rotatable bonds is 8. The Morgan fingerprint density at radius 2 is 1.85 bits per heavy atom. The van der Waals surface area contributed by atoms with Gasteiger partial charge in [0.25, 0.3) is 5.56 Å². The van der Waals surface area contributed by atoms with Gasteiger partial charge in [0.2, 0.25) is 21.7 Å². The minimum atomic E-state index is -4.57. The molecule has 0 spiro atoms. The summed E-state index contributed by atoms with van der Waals surface area (Å²) < 4.78 is 57.1. The summed E-state index contributed by atoms with van der Waals surface area (Å²) in [4.78, 5) is 20.6. The number of aromatic hydroxyl groups is 1. The molecule has 2 aromatic carbocycles. The minimum absolute atomic E-state index is 0.0548. The zero-order valence-corrected chi connectivity index (χ0v) is 23.1. The Morgan fingerprint density at radius 1 is 1.15 bits per heavy atom. The highest BCUT2D eigenvalue weighted by Crippen LogP contribution is 2.35. The second kappa shape index (κ2) is 10.9. The van der Waals surface area contributed by atoms with E-state index >= 15 is 0 Å². The summed E-state index contributed by atoms with van der Waals surface area (Å²) in [6, 6.07) is 11.9. The van der Waals surface area contributed by atoms with E-state index in [2.05, 4.69) is 9.97 Å². The van der Waals surface area contributed by atoms with E-state index in [4.69, 9.17) is 0 Å². The minimum Gasteiger partial charge on any atom is -0.492 e. The van der Waals surface area contributed by atoms with Crippen LogP contribution in [0.5, 0.6) is 5.88 Å². The second-order valence-electron chi connectivity index (χ2n) is 10.1. The molecule has 1 saturated carbocycles. The topological polar surface area (TPSA) is 126 Å². The lowest BCUT2D eigenvalue weighted by atomic mass is 10.0. The van der Waals surface area contributed by atoms with Gasteiger partial charge in [-0.2, -0.15) is 14.6 Å². The van der Waals surface area contributed by atoms with E-state index < -0.39 is 44.0 Å². The molecule has 1 fully saturated rings. The largest absolute Gasteiger partial charge is 0.492 e. The second-order valence-corrected chi connectivity index (χ2v) is 12.0. The van der Waals surface area contributed by atoms with Crippen molar-refractivity contribution in [2.24, 2.45) is 5.92 Å². The van der Waals surface area contributed by atoms with Gasteiger partial charge in [0, 0.05) is 18.2 Å². The first-order valence-corrected chi connectivity index (χ1v) is 14.5. The summed E-state index contributed by atoms with van der Waals surface area (Å²) >= 11 is 0. The molecule has 0 saturated heterocycles. The quantitative estimate of drug-likeness (QED) is 0.284. The van der Waals surface area contributed by atoms with Crippen molar-refractivity contribution in [1.29, 1.82) is 5.26 Å². The van der Waals surface area contributed by atoms with Crippen LogP contribution in [0.1, 0.15) is 54.7 Å². The number of nitriles is 1. The van der Waals surface area contributed by atoms with Crippen LogP contribution in [0, 0.1) is 35.9 Å². The average Bonchev–Trinajstić information content (AvgIpc) is 3.76. The highest BCUT2D eigenvalue weighted by molar-refractivity contribution is 7.91. The number of nitrogens with zero attached hydrogens (tertiary/aromatic N) is 4. The van der Waals surface area contributed by atoms with Gasteiger partial charge in [0.15, 0.2) is 4.90 Å². The van der Waals surface area contributed by atoms with E-state index in [9.17, 15) is 32.4 Å². The van der Waals surface area contributed by atoms with Gasteiger partial charge in [-0.15, -0.1) is 0 Å². The Hall–Kier alpha value is -4.43. The maximum absolute atomic E-state index is 14.4. The number of aromatic nitrogens is 3. The van der Waals surface area contributed by atoms with Crippen molar-refractivity contribution in [3.05, 3.63) is 99.4 Å². The fourth-order valence-electron chi connectivity index (χ4n) is 5.02. The summed E-state index contributed by atoms with van der Waals surface area (Å²) in [5, 5.41) is 20.2. The lowest BCUT2D eigenvalue weighted by molar-refractivity contribution is 0.405. The smallest absolute Gasteiger partial charge is 0.277 e. The molecule has 0 bridgehead atoms. The zero-order chi connectivity index (χ0) is 29.5. The van der Waals surface area contributed by atoms with Crippen LogP contribution in [0.4, 0.5) is 8.78 Å². The number of hydrogen-bond acceptors (Lipinski definition) is 7. The van der Waals surface area contributed by atoms with Crippen LogP contribution < -0.4 is 5.56 Å². The highest BCUT2D eigenvalue weighted by atomic mass is 32.2. The zero-order valence-electron chi connectivity index (χ0n) is 22.3. The molecular weight excluding hydrogens is 550 g/mol. The molecule has 1 aliphatic rings. The molecule has 0 unspecified atom stereocenters. The van der Waals surface area contributed by atoms with Crippen LogP contribution in [-0.4, -0.2) is 28.1 Å². The lowest BCUT2D eigenvalue weighted by Gasteiger charge is -2.23. The van der Waals surface area contributed by atoms with Crippen LogP contribution in [0.25, 0.3) is 11.1 Å². The Bertz CT molecular complexity index is 1860. The Kier molecular flexibility index (Phi) is 7.44. The van der Waals surface area contributed by atoms with Gasteiger partial charge in [-0.05, 0) is 85.2 Å². The monoisotopic (exact) mass is 576 g/mol. The van der Waals surface area contributed by atoms with E-state index in [0.717, 1.165) is 18.9 Å². The molecule has 5 rings (SSSR count). The Morgan fingerprint density at radius 3 is 2.49 bits per heavy atom. The molecule has 11 heteroatoms. The van der Waals surface area contributed by atoms with Crippen molar-refractivity contribution >= 4 is 9.84 Å². The fraction of sp³-hybridized carbons (Fsp3) is 0.267. The summed E-state index contributed by atoms with van der Waals surface area (Å²) in [7, 11) is -4.57. The van der Waals surface area contributed by atoms with Crippen molar-refractivity contribution in [1.82, 2.24) is 14.5 Å². The molecule has 8 nitrogen and oxygen atoms in total. The van der Waals surface area contributed by atoms with E-state index in [1.807, 2.05) is 6.07 Å². The number of sulfone groups is 1. The van der Waals surface area contributed by atoms with Crippen LogP contribution in [0.15, 0.2) is 69.3 Å². The van der Waals surface area contributed by atoms with Gasteiger partial charge < -0.3 is 5.11 Å². The Balaban J connectivity index is 1.65.